The third-order valence-electron chi connectivity index (χ3n) is 2.72. The van der Waals surface area contributed by atoms with Gasteiger partial charge in [-0.15, -0.1) is 0 Å². The summed E-state index contributed by atoms with van der Waals surface area (Å²) >= 11 is 1.36. The van der Waals surface area contributed by atoms with Crippen molar-refractivity contribution in [2.24, 2.45) is 0 Å². The van der Waals surface area contributed by atoms with Crippen LogP contribution in [0, 0.1) is 18.6 Å². The smallest absolute Gasteiger partial charge is 0.188 e. The van der Waals surface area contributed by atoms with Crippen LogP contribution < -0.4 is 5.32 Å². The first kappa shape index (κ1) is 12.0. The van der Waals surface area contributed by atoms with Gasteiger partial charge in [0.1, 0.15) is 11.6 Å². The molecule has 0 saturated carbocycles. The molecular weight excluding hydrogens is 266 g/mol. The average molecular weight is 276 g/mol. The second-order valence-electron chi connectivity index (χ2n) is 4.24. The zero-order valence-electron chi connectivity index (χ0n) is 10.1. The number of nitrogens with one attached hydrogen (secondary N) is 1. The average Bonchev–Trinajstić information content (AvgIpc) is 2.74. The largest absolute Gasteiger partial charge is 0.329 e. The Balaban J connectivity index is 1.96. The Morgan fingerprint density at radius 2 is 1.95 bits per heavy atom. The minimum absolute atomic E-state index is 0.328. The van der Waals surface area contributed by atoms with Crippen molar-refractivity contribution < 1.29 is 8.78 Å². The summed E-state index contributed by atoms with van der Waals surface area (Å²) in [5.74, 6) is -0.656. The second kappa shape index (κ2) is 4.59. The number of hydrogen-bond acceptors (Lipinski definition) is 3. The van der Waals surface area contributed by atoms with Crippen LogP contribution in [-0.4, -0.2) is 4.98 Å². The van der Waals surface area contributed by atoms with E-state index in [1.807, 2.05) is 13.0 Å². The minimum atomic E-state index is -0.328. The van der Waals surface area contributed by atoms with Crippen LogP contribution in [0.5, 0.6) is 0 Å². The van der Waals surface area contributed by atoms with Crippen LogP contribution in [0.2, 0.25) is 0 Å². The van der Waals surface area contributed by atoms with Gasteiger partial charge in [-0.3, -0.25) is 0 Å². The van der Waals surface area contributed by atoms with Crippen LogP contribution in [0.25, 0.3) is 10.2 Å². The highest BCUT2D eigenvalue weighted by molar-refractivity contribution is 7.22. The van der Waals surface area contributed by atoms with Crippen LogP contribution in [0.15, 0.2) is 36.4 Å². The number of nitrogens with zero attached hydrogens (tertiary/aromatic N) is 1. The van der Waals surface area contributed by atoms with Crippen molar-refractivity contribution in [1.82, 2.24) is 4.98 Å². The van der Waals surface area contributed by atoms with Crippen molar-refractivity contribution >= 4 is 32.4 Å². The fourth-order valence-electron chi connectivity index (χ4n) is 1.79. The van der Waals surface area contributed by atoms with E-state index >= 15 is 0 Å². The van der Waals surface area contributed by atoms with Crippen LogP contribution in [-0.2, 0) is 0 Å². The monoisotopic (exact) mass is 276 g/mol. The molecule has 3 aromatic rings. The molecule has 2 nitrogen and oxygen atoms in total. The number of anilines is 2. The van der Waals surface area contributed by atoms with Gasteiger partial charge in [0.05, 0.1) is 15.9 Å². The molecule has 1 heterocycles. The molecule has 2 aromatic carbocycles. The summed E-state index contributed by atoms with van der Waals surface area (Å²) in [5, 5.41) is 3.46. The van der Waals surface area contributed by atoms with Gasteiger partial charge in [-0.2, -0.15) is 0 Å². The summed E-state index contributed by atoms with van der Waals surface area (Å²) in [5.41, 5.74) is 1.79. The molecule has 3 rings (SSSR count). The number of thiazole rings is 1. The minimum Gasteiger partial charge on any atom is -0.329 e. The third-order valence-corrected chi connectivity index (χ3v) is 3.67. The van der Waals surface area contributed by atoms with E-state index < -0.39 is 0 Å². The van der Waals surface area contributed by atoms with Gasteiger partial charge in [0, 0.05) is 6.07 Å². The van der Waals surface area contributed by atoms with Crippen molar-refractivity contribution in [1.29, 1.82) is 0 Å². The first-order valence-corrected chi connectivity index (χ1v) is 6.53. The Bertz CT molecular complexity index is 752. The molecule has 0 saturated heterocycles. The maximum Gasteiger partial charge on any atom is 0.188 e. The van der Waals surface area contributed by atoms with E-state index in [1.54, 1.807) is 12.1 Å². The molecule has 0 radical (unpaired) electrons. The van der Waals surface area contributed by atoms with Gasteiger partial charge in [-0.25, -0.2) is 13.8 Å². The number of hydrogen-bond donors (Lipinski definition) is 1. The lowest BCUT2D eigenvalue weighted by molar-refractivity contribution is 0.629. The molecule has 1 aromatic heterocycles. The van der Waals surface area contributed by atoms with Crippen LogP contribution >= 0.6 is 11.3 Å². The lowest BCUT2D eigenvalue weighted by atomic mass is 10.2. The highest BCUT2D eigenvalue weighted by Crippen LogP contribution is 2.29. The predicted molar refractivity (Wildman–Crippen MR) is 74.0 cm³/mol. The molecule has 0 aliphatic rings. The third kappa shape index (κ3) is 2.42. The van der Waals surface area contributed by atoms with Crippen LogP contribution in [0.3, 0.4) is 0 Å². The van der Waals surface area contributed by atoms with E-state index in [4.69, 9.17) is 0 Å². The normalized spacial score (nSPS) is 10.9. The lowest BCUT2D eigenvalue weighted by Crippen LogP contribution is -1.93. The van der Waals surface area contributed by atoms with Crippen LogP contribution in [0.4, 0.5) is 19.6 Å². The zero-order chi connectivity index (χ0) is 13.4. The van der Waals surface area contributed by atoms with Crippen molar-refractivity contribution in [3.8, 4) is 0 Å². The van der Waals surface area contributed by atoms with Gasteiger partial charge in [0.25, 0.3) is 0 Å². The fraction of sp³-hybridized carbons (Fsp3) is 0.0714. The van der Waals surface area contributed by atoms with Crippen molar-refractivity contribution in [2.75, 3.05) is 5.32 Å². The molecule has 0 atom stereocenters. The maximum atomic E-state index is 13.7. The summed E-state index contributed by atoms with van der Waals surface area (Å²) in [6, 6.07) is 9.35. The predicted octanol–water partition coefficient (Wildman–Crippen LogP) is 4.63. The Kier molecular flexibility index (Phi) is 2.91. The molecule has 5 heteroatoms. The summed E-state index contributed by atoms with van der Waals surface area (Å²) < 4.78 is 27.6. The molecule has 0 amide bonds. The molecule has 0 spiro atoms. The maximum absolute atomic E-state index is 13.7. The van der Waals surface area contributed by atoms with Crippen molar-refractivity contribution in [2.45, 2.75) is 6.92 Å². The van der Waals surface area contributed by atoms with E-state index in [0.717, 1.165) is 10.3 Å². The number of rotatable bonds is 2. The molecule has 0 fully saturated rings. The van der Waals surface area contributed by atoms with E-state index in [9.17, 15) is 8.78 Å². The van der Waals surface area contributed by atoms with Gasteiger partial charge in [0.15, 0.2) is 5.13 Å². The first-order chi connectivity index (χ1) is 9.11. The summed E-state index contributed by atoms with van der Waals surface area (Å²) in [7, 11) is 0. The first-order valence-electron chi connectivity index (χ1n) is 5.71. The summed E-state index contributed by atoms with van der Waals surface area (Å²) in [6.45, 7) is 1.83. The zero-order valence-corrected chi connectivity index (χ0v) is 10.9. The molecule has 0 unspecified atom stereocenters. The highest BCUT2D eigenvalue weighted by atomic mass is 32.1. The second-order valence-corrected chi connectivity index (χ2v) is 5.27. The lowest BCUT2D eigenvalue weighted by Gasteiger charge is -2.04. The Hall–Kier alpha value is -2.01. The number of benzene rings is 2. The number of halogens is 2. The van der Waals surface area contributed by atoms with Crippen molar-refractivity contribution in [3.63, 3.8) is 0 Å². The molecular formula is C14H10F2N2S. The van der Waals surface area contributed by atoms with Gasteiger partial charge < -0.3 is 5.32 Å². The SMILES string of the molecule is Cc1ccc(Nc2nc3cc(F)ccc3s2)c(F)c1. The van der Waals surface area contributed by atoms with E-state index in [-0.39, 0.29) is 11.6 Å². The number of aryl methyl sites for hydroxylation is 1. The highest BCUT2D eigenvalue weighted by Gasteiger charge is 2.07. The molecule has 1 N–H and O–H groups in total. The van der Waals surface area contributed by atoms with E-state index in [2.05, 4.69) is 10.3 Å². The fourth-order valence-corrected chi connectivity index (χ4v) is 2.65. The number of aromatic nitrogens is 1. The molecule has 19 heavy (non-hydrogen) atoms. The standard InChI is InChI=1S/C14H10F2N2S/c1-8-2-4-11(10(16)6-8)17-14-18-12-7-9(15)3-5-13(12)19-14/h2-7H,1H3,(H,17,18). The summed E-state index contributed by atoms with van der Waals surface area (Å²) in [4.78, 5) is 4.23. The molecule has 0 aliphatic heterocycles. The molecule has 0 bridgehead atoms. The quantitative estimate of drug-likeness (QED) is 0.738. The van der Waals surface area contributed by atoms with E-state index in [1.165, 1.54) is 29.5 Å². The summed E-state index contributed by atoms with van der Waals surface area (Å²) in [6.07, 6.45) is 0. The van der Waals surface area contributed by atoms with Gasteiger partial charge in [-0.1, -0.05) is 17.4 Å². The molecule has 0 aliphatic carbocycles. The number of fused-ring (bicyclic) bond motifs is 1. The Morgan fingerprint density at radius 3 is 2.74 bits per heavy atom. The van der Waals surface area contributed by atoms with Crippen LogP contribution in [0.1, 0.15) is 5.56 Å². The molecule has 96 valence electrons. The van der Waals surface area contributed by atoms with E-state index in [0.29, 0.717) is 16.3 Å². The Labute approximate surface area is 112 Å². The van der Waals surface area contributed by atoms with Gasteiger partial charge >= 0.3 is 0 Å². The van der Waals surface area contributed by atoms with Gasteiger partial charge in [-0.05, 0) is 36.8 Å². The topological polar surface area (TPSA) is 24.9 Å². The van der Waals surface area contributed by atoms with Gasteiger partial charge in [0.2, 0.25) is 0 Å². The van der Waals surface area contributed by atoms with Crippen molar-refractivity contribution in [3.05, 3.63) is 53.6 Å². The Morgan fingerprint density at radius 1 is 1.11 bits per heavy atom.